The molecule has 0 spiro atoms. The summed E-state index contributed by atoms with van der Waals surface area (Å²) < 4.78 is 38.5. The predicted octanol–water partition coefficient (Wildman–Crippen LogP) is 2.08. The molecule has 0 radical (unpaired) electrons. The smallest absolute Gasteiger partial charge is 0.233 e. The van der Waals surface area contributed by atoms with Crippen LogP contribution in [0.2, 0.25) is 0 Å². The van der Waals surface area contributed by atoms with E-state index in [-0.39, 0.29) is 12.1 Å². The number of alkyl halides is 3. The van der Waals surface area contributed by atoms with Crippen molar-refractivity contribution in [3.05, 3.63) is 23.8 Å². The van der Waals surface area contributed by atoms with E-state index in [1.54, 1.807) is 0 Å². The number of hydrogen-bond donors (Lipinski definition) is 0. The van der Waals surface area contributed by atoms with Gasteiger partial charge in [-0.05, 0) is 18.2 Å². The van der Waals surface area contributed by atoms with Gasteiger partial charge in [-0.2, -0.15) is 13.2 Å². The van der Waals surface area contributed by atoms with Crippen LogP contribution in [0.5, 0.6) is 0 Å². The normalized spacial score (nSPS) is 11.6. The van der Waals surface area contributed by atoms with E-state index >= 15 is 0 Å². The molecule has 0 atom stereocenters. The number of hydrogen-bond acceptors (Lipinski definition) is 2. The van der Waals surface area contributed by atoms with Crippen LogP contribution in [0.1, 0.15) is 5.56 Å². The quantitative estimate of drug-likeness (QED) is 0.695. The van der Waals surface area contributed by atoms with Gasteiger partial charge in [0.1, 0.15) is 12.1 Å². The van der Waals surface area contributed by atoms with Crippen molar-refractivity contribution in [1.82, 2.24) is 15.0 Å². The van der Waals surface area contributed by atoms with Gasteiger partial charge in [-0.3, -0.25) is 0 Å². The number of aromatic nitrogens is 3. The molecule has 1 aromatic heterocycles. The average molecular weight is 225 g/mol. The van der Waals surface area contributed by atoms with Gasteiger partial charge >= 0.3 is 6.18 Å². The Morgan fingerprint density at radius 1 is 1.38 bits per heavy atom. The van der Waals surface area contributed by atoms with E-state index < -0.39 is 11.7 Å². The number of terminal acetylenes is 1. The lowest BCUT2D eigenvalue weighted by atomic mass is 10.2. The fourth-order valence-corrected chi connectivity index (χ4v) is 1.35. The maximum absolute atomic E-state index is 12.4. The summed E-state index contributed by atoms with van der Waals surface area (Å²) in [4.78, 5) is 0. The lowest BCUT2D eigenvalue weighted by Crippen LogP contribution is -2.04. The van der Waals surface area contributed by atoms with Crippen LogP contribution in [0.15, 0.2) is 18.2 Å². The number of nitrogens with zero attached hydrogens (tertiary/aromatic N) is 3. The van der Waals surface area contributed by atoms with Crippen molar-refractivity contribution in [1.29, 1.82) is 0 Å². The molecule has 82 valence electrons. The highest BCUT2D eigenvalue weighted by Crippen LogP contribution is 2.30. The van der Waals surface area contributed by atoms with Crippen LogP contribution in [0.4, 0.5) is 13.2 Å². The molecule has 1 heterocycles. The van der Waals surface area contributed by atoms with E-state index in [1.807, 2.05) is 0 Å². The second-order valence-electron chi connectivity index (χ2n) is 3.15. The van der Waals surface area contributed by atoms with Crippen molar-refractivity contribution in [2.24, 2.45) is 0 Å². The van der Waals surface area contributed by atoms with Crippen molar-refractivity contribution in [3.63, 3.8) is 0 Å². The van der Waals surface area contributed by atoms with Gasteiger partial charge in [-0.15, -0.1) is 11.5 Å². The molecule has 2 aromatic rings. The third kappa shape index (κ3) is 1.72. The molecule has 0 N–H and O–H groups in total. The molecule has 0 unspecified atom stereocenters. The van der Waals surface area contributed by atoms with Crippen molar-refractivity contribution in [2.75, 3.05) is 0 Å². The summed E-state index contributed by atoms with van der Waals surface area (Å²) in [5.41, 5.74) is -0.0659. The summed E-state index contributed by atoms with van der Waals surface area (Å²) in [5, 5.41) is 7.29. The molecule has 3 nitrogen and oxygen atoms in total. The van der Waals surface area contributed by atoms with E-state index in [4.69, 9.17) is 6.42 Å². The number of benzene rings is 1. The van der Waals surface area contributed by atoms with Crippen LogP contribution in [0, 0.1) is 12.3 Å². The summed E-state index contributed by atoms with van der Waals surface area (Å²) in [7, 11) is 0. The highest BCUT2D eigenvalue weighted by atomic mass is 19.4. The standard InChI is InChI=1S/C10H6F3N3/c1-2-5-16-9-4-3-7(10(11,12)13)6-8(9)14-15-16/h1,3-4,6H,5H2. The predicted molar refractivity (Wildman–Crippen MR) is 51.4 cm³/mol. The maximum atomic E-state index is 12.4. The largest absolute Gasteiger partial charge is 0.416 e. The van der Waals surface area contributed by atoms with E-state index in [1.165, 1.54) is 10.7 Å². The molecule has 0 amide bonds. The average Bonchev–Trinajstić information content (AvgIpc) is 2.60. The van der Waals surface area contributed by atoms with Crippen LogP contribution in [-0.2, 0) is 12.7 Å². The maximum Gasteiger partial charge on any atom is 0.416 e. The molecule has 0 aliphatic rings. The molecule has 2 rings (SSSR count). The molecule has 0 aliphatic carbocycles. The molecule has 16 heavy (non-hydrogen) atoms. The fourth-order valence-electron chi connectivity index (χ4n) is 1.35. The second kappa shape index (κ2) is 3.52. The second-order valence-corrected chi connectivity index (χ2v) is 3.15. The van der Waals surface area contributed by atoms with Gasteiger partial charge in [0.05, 0.1) is 11.1 Å². The van der Waals surface area contributed by atoms with Gasteiger partial charge in [-0.25, -0.2) is 4.68 Å². The van der Waals surface area contributed by atoms with Gasteiger partial charge in [0.2, 0.25) is 0 Å². The minimum absolute atomic E-state index is 0.182. The Hall–Kier alpha value is -2.03. The lowest BCUT2D eigenvalue weighted by Gasteiger charge is -2.05. The first kappa shape index (κ1) is 10.5. The third-order valence-corrected chi connectivity index (χ3v) is 2.08. The van der Waals surface area contributed by atoms with Gasteiger partial charge < -0.3 is 0 Å². The molecule has 0 fully saturated rings. The summed E-state index contributed by atoms with van der Waals surface area (Å²) in [6.45, 7) is 0.182. The van der Waals surface area contributed by atoms with Gasteiger partial charge in [-0.1, -0.05) is 11.1 Å². The Morgan fingerprint density at radius 2 is 2.12 bits per heavy atom. The zero-order chi connectivity index (χ0) is 11.8. The van der Waals surface area contributed by atoms with Crippen molar-refractivity contribution in [2.45, 2.75) is 12.7 Å². The van der Waals surface area contributed by atoms with E-state index in [0.29, 0.717) is 5.52 Å². The molecule has 0 saturated carbocycles. The zero-order valence-corrected chi connectivity index (χ0v) is 7.99. The first-order chi connectivity index (χ1) is 7.52. The zero-order valence-electron chi connectivity index (χ0n) is 7.99. The van der Waals surface area contributed by atoms with Crippen LogP contribution < -0.4 is 0 Å². The van der Waals surface area contributed by atoms with E-state index in [2.05, 4.69) is 16.2 Å². The summed E-state index contributed by atoms with van der Waals surface area (Å²) >= 11 is 0. The van der Waals surface area contributed by atoms with Crippen molar-refractivity contribution >= 4 is 11.0 Å². The Morgan fingerprint density at radius 3 is 2.75 bits per heavy atom. The highest BCUT2D eigenvalue weighted by molar-refractivity contribution is 5.75. The molecule has 0 bridgehead atoms. The molecule has 6 heteroatoms. The Kier molecular flexibility index (Phi) is 2.31. The number of halogens is 3. The molecule has 0 saturated heterocycles. The topological polar surface area (TPSA) is 30.7 Å². The highest BCUT2D eigenvalue weighted by Gasteiger charge is 2.30. The monoisotopic (exact) mass is 225 g/mol. The van der Waals surface area contributed by atoms with Crippen LogP contribution in [-0.4, -0.2) is 15.0 Å². The summed E-state index contributed by atoms with van der Waals surface area (Å²) in [5.74, 6) is 2.35. The first-order valence-corrected chi connectivity index (χ1v) is 4.36. The first-order valence-electron chi connectivity index (χ1n) is 4.36. The summed E-state index contributed by atoms with van der Waals surface area (Å²) in [6, 6.07) is 3.25. The number of rotatable bonds is 1. The van der Waals surface area contributed by atoms with Crippen LogP contribution in [0.3, 0.4) is 0 Å². The molecular weight excluding hydrogens is 219 g/mol. The minimum Gasteiger partial charge on any atom is -0.233 e. The van der Waals surface area contributed by atoms with Crippen LogP contribution >= 0.6 is 0 Å². The number of fused-ring (bicyclic) bond motifs is 1. The summed E-state index contributed by atoms with van der Waals surface area (Å²) in [6.07, 6.45) is 0.720. The SMILES string of the molecule is C#CCn1nnc2cc(C(F)(F)F)ccc21. The van der Waals surface area contributed by atoms with E-state index in [9.17, 15) is 13.2 Å². The van der Waals surface area contributed by atoms with Gasteiger partial charge in [0.25, 0.3) is 0 Å². The molecular formula is C10H6F3N3. The van der Waals surface area contributed by atoms with Gasteiger partial charge in [0, 0.05) is 0 Å². The minimum atomic E-state index is -4.37. The lowest BCUT2D eigenvalue weighted by molar-refractivity contribution is -0.137. The van der Waals surface area contributed by atoms with Crippen molar-refractivity contribution in [3.8, 4) is 12.3 Å². The van der Waals surface area contributed by atoms with E-state index in [0.717, 1.165) is 12.1 Å². The fraction of sp³-hybridized carbons (Fsp3) is 0.200. The van der Waals surface area contributed by atoms with Crippen LogP contribution in [0.25, 0.3) is 11.0 Å². The molecule has 0 aliphatic heterocycles. The van der Waals surface area contributed by atoms with Crippen molar-refractivity contribution < 1.29 is 13.2 Å². The molecule has 1 aromatic carbocycles. The van der Waals surface area contributed by atoms with Gasteiger partial charge in [0.15, 0.2) is 0 Å². The Bertz CT molecular complexity index is 563. The third-order valence-electron chi connectivity index (χ3n) is 2.08. The Balaban J connectivity index is 2.54. The Labute approximate surface area is 88.9 Å².